The van der Waals surface area contributed by atoms with Crippen LogP contribution in [0.4, 0.5) is 0 Å². The molecule has 1 aromatic carbocycles. The molecule has 1 N–H and O–H groups in total. The number of likely N-dealkylation sites (tertiary alicyclic amines) is 2. The van der Waals surface area contributed by atoms with Gasteiger partial charge in [-0.25, -0.2) is 0 Å². The minimum atomic E-state index is 0.0137. The first kappa shape index (κ1) is 18.9. The second-order valence-electron chi connectivity index (χ2n) is 7.77. The fourth-order valence-electron chi connectivity index (χ4n) is 4.08. The van der Waals surface area contributed by atoms with Gasteiger partial charge in [-0.05, 0) is 57.6 Å². The first-order valence-electron chi connectivity index (χ1n) is 9.93. The first-order valence-corrected chi connectivity index (χ1v) is 9.93. The van der Waals surface area contributed by atoms with E-state index in [0.717, 1.165) is 56.4 Å². The number of carbonyl (C=O) groups excluding carboxylic acids is 2. The monoisotopic (exact) mass is 357 g/mol. The van der Waals surface area contributed by atoms with Gasteiger partial charge in [-0.1, -0.05) is 18.2 Å². The first-order chi connectivity index (χ1) is 12.5. The van der Waals surface area contributed by atoms with E-state index in [2.05, 4.69) is 22.0 Å². The molecule has 142 valence electrons. The van der Waals surface area contributed by atoms with Gasteiger partial charge in [0, 0.05) is 37.3 Å². The number of piperidine rings is 2. The molecule has 0 aliphatic carbocycles. The van der Waals surface area contributed by atoms with Crippen LogP contribution in [0.15, 0.2) is 24.3 Å². The summed E-state index contributed by atoms with van der Waals surface area (Å²) in [5, 5.41) is 3.16. The number of amides is 2. The summed E-state index contributed by atoms with van der Waals surface area (Å²) in [7, 11) is 0. The summed E-state index contributed by atoms with van der Waals surface area (Å²) in [5.41, 5.74) is 1.76. The molecule has 1 atom stereocenters. The van der Waals surface area contributed by atoms with E-state index >= 15 is 0 Å². The van der Waals surface area contributed by atoms with E-state index in [4.69, 9.17) is 0 Å². The molecule has 2 fully saturated rings. The molecule has 5 nitrogen and oxygen atoms in total. The largest absolute Gasteiger partial charge is 0.349 e. The third kappa shape index (κ3) is 4.64. The fraction of sp³-hybridized carbons (Fsp3) is 0.619. The second-order valence-corrected chi connectivity index (χ2v) is 7.77. The molecule has 3 rings (SSSR count). The smallest absolute Gasteiger partial charge is 0.251 e. The maximum absolute atomic E-state index is 12.6. The summed E-state index contributed by atoms with van der Waals surface area (Å²) >= 11 is 0. The van der Waals surface area contributed by atoms with Crippen LogP contribution in [0.25, 0.3) is 0 Å². The Morgan fingerprint density at radius 2 is 1.81 bits per heavy atom. The number of hydrogen-bond donors (Lipinski definition) is 1. The van der Waals surface area contributed by atoms with Gasteiger partial charge < -0.3 is 10.2 Å². The highest BCUT2D eigenvalue weighted by Gasteiger charge is 2.27. The molecule has 26 heavy (non-hydrogen) atoms. The summed E-state index contributed by atoms with van der Waals surface area (Å²) in [5.74, 6) is 0.277. The lowest BCUT2D eigenvalue weighted by Crippen LogP contribution is -2.50. The number of rotatable bonds is 4. The van der Waals surface area contributed by atoms with Crippen molar-refractivity contribution in [2.24, 2.45) is 0 Å². The summed E-state index contributed by atoms with van der Waals surface area (Å²) < 4.78 is 0. The molecule has 2 aliphatic rings. The lowest BCUT2D eigenvalue weighted by Gasteiger charge is -2.37. The van der Waals surface area contributed by atoms with Gasteiger partial charge in [-0.2, -0.15) is 0 Å². The Morgan fingerprint density at radius 3 is 2.50 bits per heavy atom. The van der Waals surface area contributed by atoms with Crippen LogP contribution in [0, 0.1) is 6.92 Å². The molecule has 0 radical (unpaired) electrons. The molecular formula is C21H31N3O2. The third-order valence-corrected chi connectivity index (χ3v) is 5.79. The number of hydrogen-bond acceptors (Lipinski definition) is 3. The topological polar surface area (TPSA) is 52.7 Å². The van der Waals surface area contributed by atoms with Gasteiger partial charge in [0.2, 0.25) is 5.91 Å². The van der Waals surface area contributed by atoms with Crippen molar-refractivity contribution >= 4 is 11.8 Å². The Kier molecular flexibility index (Phi) is 6.30. The number of carbonyl (C=O) groups is 2. The van der Waals surface area contributed by atoms with Gasteiger partial charge in [0.15, 0.2) is 0 Å². The molecule has 0 bridgehead atoms. The van der Waals surface area contributed by atoms with Crippen LogP contribution in [-0.2, 0) is 4.79 Å². The van der Waals surface area contributed by atoms with Gasteiger partial charge in [-0.3, -0.25) is 14.5 Å². The highest BCUT2D eigenvalue weighted by atomic mass is 16.2. The molecule has 2 saturated heterocycles. The molecule has 1 aromatic rings. The van der Waals surface area contributed by atoms with Crippen LogP contribution in [0.5, 0.6) is 0 Å². The zero-order chi connectivity index (χ0) is 18.5. The number of aryl methyl sites for hydroxylation is 1. The van der Waals surface area contributed by atoms with E-state index in [0.29, 0.717) is 12.6 Å². The lowest BCUT2D eigenvalue weighted by atomic mass is 10.0. The minimum absolute atomic E-state index is 0.0137. The van der Waals surface area contributed by atoms with Crippen molar-refractivity contribution in [3.05, 3.63) is 35.4 Å². The quantitative estimate of drug-likeness (QED) is 0.901. The van der Waals surface area contributed by atoms with Gasteiger partial charge in [-0.15, -0.1) is 0 Å². The molecular weight excluding hydrogens is 326 g/mol. The van der Waals surface area contributed by atoms with Gasteiger partial charge in [0.25, 0.3) is 5.91 Å². The Labute approximate surface area is 156 Å². The summed E-state index contributed by atoms with van der Waals surface area (Å²) in [6, 6.07) is 8.26. The molecule has 0 spiro atoms. The van der Waals surface area contributed by atoms with Crippen LogP contribution in [0.1, 0.15) is 54.9 Å². The van der Waals surface area contributed by atoms with E-state index in [1.54, 1.807) is 0 Å². The van der Waals surface area contributed by atoms with Crippen molar-refractivity contribution in [2.75, 3.05) is 26.2 Å². The van der Waals surface area contributed by atoms with Gasteiger partial charge in [0.1, 0.15) is 0 Å². The predicted octanol–water partition coefficient (Wildman–Crippen LogP) is 2.59. The Hall–Kier alpha value is -1.88. The maximum atomic E-state index is 12.6. The van der Waals surface area contributed by atoms with Crippen LogP contribution >= 0.6 is 0 Å². The second kappa shape index (κ2) is 8.67. The number of nitrogens with one attached hydrogen (secondary N) is 1. The number of nitrogens with zero attached hydrogens (tertiary/aromatic N) is 2. The Morgan fingerprint density at radius 1 is 1.08 bits per heavy atom. The van der Waals surface area contributed by atoms with Gasteiger partial charge >= 0.3 is 0 Å². The van der Waals surface area contributed by atoms with Gasteiger partial charge in [0.05, 0.1) is 6.54 Å². The zero-order valence-electron chi connectivity index (χ0n) is 16.0. The van der Waals surface area contributed by atoms with Crippen molar-refractivity contribution in [2.45, 2.75) is 58.0 Å². The Balaban J connectivity index is 1.45. The summed E-state index contributed by atoms with van der Waals surface area (Å²) in [6.07, 6.45) is 5.29. The SMILES string of the molecule is Cc1ccccc1C(=O)NC1CCN(CC(=O)N2CCCC[C@H]2C)CC1. The lowest BCUT2D eigenvalue weighted by molar-refractivity contribution is -0.135. The van der Waals surface area contributed by atoms with Crippen LogP contribution in [0.3, 0.4) is 0 Å². The average molecular weight is 357 g/mol. The van der Waals surface area contributed by atoms with E-state index in [1.807, 2.05) is 31.2 Å². The highest BCUT2D eigenvalue weighted by Crippen LogP contribution is 2.18. The normalized spacial score (nSPS) is 22.2. The minimum Gasteiger partial charge on any atom is -0.349 e. The standard InChI is InChI=1S/C21H31N3O2/c1-16-7-3-4-9-19(16)21(26)22-18-10-13-23(14-11-18)15-20(25)24-12-6-5-8-17(24)2/h3-4,7,9,17-18H,5-6,8,10-15H2,1-2H3,(H,22,26)/t17-/m1/s1. The molecule has 2 heterocycles. The molecule has 0 aromatic heterocycles. The molecule has 0 saturated carbocycles. The van der Waals surface area contributed by atoms with E-state index in [1.165, 1.54) is 6.42 Å². The molecule has 5 heteroatoms. The highest BCUT2D eigenvalue weighted by molar-refractivity contribution is 5.95. The van der Waals surface area contributed by atoms with Crippen molar-refractivity contribution < 1.29 is 9.59 Å². The number of benzene rings is 1. The summed E-state index contributed by atoms with van der Waals surface area (Å²) in [4.78, 5) is 29.3. The van der Waals surface area contributed by atoms with Crippen molar-refractivity contribution in [1.29, 1.82) is 0 Å². The maximum Gasteiger partial charge on any atom is 0.251 e. The summed E-state index contributed by atoms with van der Waals surface area (Å²) in [6.45, 7) is 7.28. The van der Waals surface area contributed by atoms with Crippen molar-refractivity contribution in [3.8, 4) is 0 Å². The molecule has 0 unspecified atom stereocenters. The van der Waals surface area contributed by atoms with Crippen LogP contribution < -0.4 is 5.32 Å². The van der Waals surface area contributed by atoms with E-state index in [9.17, 15) is 9.59 Å². The van der Waals surface area contributed by atoms with Crippen LogP contribution in [0.2, 0.25) is 0 Å². The van der Waals surface area contributed by atoms with Crippen LogP contribution in [-0.4, -0.2) is 59.9 Å². The molecule has 2 amide bonds. The average Bonchev–Trinajstić information content (AvgIpc) is 2.64. The van der Waals surface area contributed by atoms with Crippen molar-refractivity contribution in [1.82, 2.24) is 15.1 Å². The fourth-order valence-corrected chi connectivity index (χ4v) is 4.08. The Bertz CT molecular complexity index is 638. The zero-order valence-corrected chi connectivity index (χ0v) is 16.0. The van der Waals surface area contributed by atoms with E-state index in [-0.39, 0.29) is 17.9 Å². The molecule has 2 aliphatic heterocycles. The predicted molar refractivity (Wildman–Crippen MR) is 103 cm³/mol. The van der Waals surface area contributed by atoms with Crippen molar-refractivity contribution in [3.63, 3.8) is 0 Å². The third-order valence-electron chi connectivity index (χ3n) is 5.79. The van der Waals surface area contributed by atoms with E-state index < -0.39 is 0 Å².